The summed E-state index contributed by atoms with van der Waals surface area (Å²) in [6.07, 6.45) is 1.21. The monoisotopic (exact) mass is 313 g/mol. The molecule has 0 saturated heterocycles. The van der Waals surface area contributed by atoms with Gasteiger partial charge < -0.3 is 10.4 Å². The van der Waals surface area contributed by atoms with Crippen molar-refractivity contribution in [1.82, 2.24) is 5.32 Å². The smallest absolute Gasteiger partial charge is 0.220 e. The Kier molecular flexibility index (Phi) is 6.36. The number of benzene rings is 1. The lowest BCUT2D eigenvalue weighted by atomic mass is 10.0. The molecule has 2 unspecified atom stereocenters. The van der Waals surface area contributed by atoms with Crippen LogP contribution in [0.1, 0.15) is 25.8 Å². The van der Waals surface area contributed by atoms with Crippen LogP contribution in [0.5, 0.6) is 0 Å². The van der Waals surface area contributed by atoms with E-state index in [1.54, 1.807) is 0 Å². The minimum absolute atomic E-state index is 0.00687. The van der Waals surface area contributed by atoms with E-state index in [2.05, 4.69) is 21.2 Å². The number of aliphatic hydroxyl groups is 1. The highest BCUT2D eigenvalue weighted by molar-refractivity contribution is 9.10. The Hall–Kier alpha value is -0.870. The van der Waals surface area contributed by atoms with Gasteiger partial charge in [0.2, 0.25) is 5.91 Å². The van der Waals surface area contributed by atoms with Crippen LogP contribution in [0.2, 0.25) is 0 Å². The average Bonchev–Trinajstić information content (AvgIpc) is 2.37. The number of aryl methyl sites for hydroxylation is 1. The molecule has 1 aromatic rings. The molecule has 0 bridgehead atoms. The molecule has 1 amide bonds. The second-order valence-corrected chi connectivity index (χ2v) is 5.56. The summed E-state index contributed by atoms with van der Waals surface area (Å²) >= 11 is 3.38. The lowest BCUT2D eigenvalue weighted by Crippen LogP contribution is -2.38. The molecule has 1 aromatic carbocycles. The quantitative estimate of drug-likeness (QED) is 0.848. The van der Waals surface area contributed by atoms with Crippen LogP contribution in [0, 0.1) is 5.92 Å². The van der Waals surface area contributed by atoms with Crippen LogP contribution in [0.4, 0.5) is 0 Å². The summed E-state index contributed by atoms with van der Waals surface area (Å²) < 4.78 is 1.04. The molecule has 0 spiro atoms. The number of hydrogen-bond donors (Lipinski definition) is 2. The van der Waals surface area contributed by atoms with E-state index in [-0.39, 0.29) is 24.5 Å². The van der Waals surface area contributed by atoms with Gasteiger partial charge in [-0.3, -0.25) is 4.79 Å². The first-order valence-corrected chi connectivity index (χ1v) is 6.97. The van der Waals surface area contributed by atoms with Crippen molar-refractivity contribution in [2.75, 3.05) is 6.61 Å². The molecule has 0 heterocycles. The molecule has 0 aromatic heterocycles. The molecule has 4 heteroatoms. The van der Waals surface area contributed by atoms with Gasteiger partial charge in [0.25, 0.3) is 0 Å². The highest BCUT2D eigenvalue weighted by Crippen LogP contribution is 2.12. The Morgan fingerprint density at radius 1 is 1.33 bits per heavy atom. The van der Waals surface area contributed by atoms with E-state index in [1.165, 1.54) is 0 Å². The van der Waals surface area contributed by atoms with Gasteiger partial charge in [-0.05, 0) is 37.0 Å². The zero-order valence-corrected chi connectivity index (χ0v) is 12.4. The predicted octanol–water partition coefficient (Wildman–Crippen LogP) is 2.51. The maximum Gasteiger partial charge on any atom is 0.220 e. The molecule has 100 valence electrons. The van der Waals surface area contributed by atoms with Crippen molar-refractivity contribution < 1.29 is 9.90 Å². The second-order valence-electron chi connectivity index (χ2n) is 4.64. The van der Waals surface area contributed by atoms with Gasteiger partial charge in [0, 0.05) is 23.5 Å². The molecule has 2 N–H and O–H groups in total. The Morgan fingerprint density at radius 3 is 2.50 bits per heavy atom. The highest BCUT2D eigenvalue weighted by atomic mass is 79.9. The van der Waals surface area contributed by atoms with Gasteiger partial charge in [-0.15, -0.1) is 0 Å². The number of hydrogen-bond acceptors (Lipinski definition) is 2. The molecule has 0 aliphatic heterocycles. The van der Waals surface area contributed by atoms with Gasteiger partial charge in [-0.2, -0.15) is 0 Å². The number of halogens is 1. The van der Waals surface area contributed by atoms with Gasteiger partial charge in [0.15, 0.2) is 0 Å². The Labute approximate surface area is 117 Å². The van der Waals surface area contributed by atoms with Crippen molar-refractivity contribution in [2.24, 2.45) is 5.92 Å². The fraction of sp³-hybridized carbons (Fsp3) is 0.500. The lowest BCUT2D eigenvalue weighted by molar-refractivity contribution is -0.122. The minimum Gasteiger partial charge on any atom is -0.396 e. The number of amides is 1. The van der Waals surface area contributed by atoms with E-state index in [4.69, 9.17) is 5.11 Å². The van der Waals surface area contributed by atoms with E-state index in [0.29, 0.717) is 6.42 Å². The van der Waals surface area contributed by atoms with Crippen LogP contribution in [0.25, 0.3) is 0 Å². The summed E-state index contributed by atoms with van der Waals surface area (Å²) in [4.78, 5) is 11.7. The Morgan fingerprint density at radius 2 is 1.94 bits per heavy atom. The first-order valence-electron chi connectivity index (χ1n) is 6.17. The van der Waals surface area contributed by atoms with Gasteiger partial charge in [0.05, 0.1) is 0 Å². The maximum atomic E-state index is 11.7. The third kappa shape index (κ3) is 5.19. The predicted molar refractivity (Wildman–Crippen MR) is 76.3 cm³/mol. The standard InChI is InChI=1S/C14H20BrNO2/c1-10(9-17)11(2)16-14(18)8-5-12-3-6-13(15)7-4-12/h3-4,6-7,10-11,17H,5,8-9H2,1-2H3,(H,16,18). The summed E-state index contributed by atoms with van der Waals surface area (Å²) in [5.41, 5.74) is 1.15. The zero-order valence-electron chi connectivity index (χ0n) is 10.8. The number of rotatable bonds is 6. The van der Waals surface area contributed by atoms with E-state index >= 15 is 0 Å². The summed E-state index contributed by atoms with van der Waals surface area (Å²) in [7, 11) is 0. The first kappa shape index (κ1) is 15.2. The van der Waals surface area contributed by atoms with Crippen LogP contribution in [-0.4, -0.2) is 23.7 Å². The third-order valence-corrected chi connectivity index (χ3v) is 3.61. The summed E-state index contributed by atoms with van der Waals surface area (Å²) in [5.74, 6) is 0.118. The van der Waals surface area contributed by atoms with E-state index in [0.717, 1.165) is 16.5 Å². The van der Waals surface area contributed by atoms with Crippen molar-refractivity contribution in [3.8, 4) is 0 Å². The van der Waals surface area contributed by atoms with Crippen molar-refractivity contribution in [3.63, 3.8) is 0 Å². The van der Waals surface area contributed by atoms with Crippen molar-refractivity contribution in [2.45, 2.75) is 32.7 Å². The summed E-state index contributed by atoms with van der Waals surface area (Å²) in [5, 5.41) is 11.9. The van der Waals surface area contributed by atoms with Gasteiger partial charge in [-0.25, -0.2) is 0 Å². The third-order valence-electron chi connectivity index (χ3n) is 3.08. The molecule has 0 radical (unpaired) electrons. The van der Waals surface area contributed by atoms with E-state index in [1.807, 2.05) is 38.1 Å². The molecule has 0 aliphatic carbocycles. The minimum atomic E-state index is 0.00687. The van der Waals surface area contributed by atoms with Gasteiger partial charge in [0.1, 0.15) is 0 Å². The average molecular weight is 314 g/mol. The molecule has 1 rings (SSSR count). The molecule has 2 atom stereocenters. The molecule has 18 heavy (non-hydrogen) atoms. The highest BCUT2D eigenvalue weighted by Gasteiger charge is 2.13. The van der Waals surface area contributed by atoms with Crippen molar-refractivity contribution in [3.05, 3.63) is 34.3 Å². The van der Waals surface area contributed by atoms with Crippen molar-refractivity contribution in [1.29, 1.82) is 0 Å². The number of carbonyl (C=O) groups excluding carboxylic acids is 1. The SMILES string of the molecule is CC(CO)C(C)NC(=O)CCc1ccc(Br)cc1. The topological polar surface area (TPSA) is 49.3 Å². The fourth-order valence-electron chi connectivity index (χ4n) is 1.54. The largest absolute Gasteiger partial charge is 0.396 e. The van der Waals surface area contributed by atoms with Crippen LogP contribution < -0.4 is 5.32 Å². The van der Waals surface area contributed by atoms with E-state index in [9.17, 15) is 4.79 Å². The van der Waals surface area contributed by atoms with E-state index < -0.39 is 0 Å². The van der Waals surface area contributed by atoms with Crippen LogP contribution in [0.3, 0.4) is 0 Å². The molecule has 0 saturated carbocycles. The maximum absolute atomic E-state index is 11.7. The molecular formula is C14H20BrNO2. The number of carbonyl (C=O) groups is 1. The normalized spacial score (nSPS) is 14.0. The summed E-state index contributed by atoms with van der Waals surface area (Å²) in [6, 6.07) is 7.98. The molecule has 0 aliphatic rings. The van der Waals surface area contributed by atoms with Gasteiger partial charge >= 0.3 is 0 Å². The molecule has 0 fully saturated rings. The van der Waals surface area contributed by atoms with Crippen LogP contribution in [0.15, 0.2) is 28.7 Å². The van der Waals surface area contributed by atoms with Crippen molar-refractivity contribution >= 4 is 21.8 Å². The Bertz CT molecular complexity index is 378. The lowest BCUT2D eigenvalue weighted by Gasteiger charge is -2.19. The first-order chi connectivity index (χ1) is 8.52. The zero-order chi connectivity index (χ0) is 13.5. The van der Waals surface area contributed by atoms with Crippen LogP contribution in [-0.2, 0) is 11.2 Å². The fourth-order valence-corrected chi connectivity index (χ4v) is 1.80. The Balaban J connectivity index is 2.35. The number of nitrogens with one attached hydrogen (secondary N) is 1. The second kappa shape index (κ2) is 7.54. The number of aliphatic hydroxyl groups excluding tert-OH is 1. The summed E-state index contributed by atoms with van der Waals surface area (Å²) in [6.45, 7) is 3.92. The molecule has 3 nitrogen and oxygen atoms in total. The molecular weight excluding hydrogens is 294 g/mol. The van der Waals surface area contributed by atoms with Gasteiger partial charge in [-0.1, -0.05) is 35.0 Å². The van der Waals surface area contributed by atoms with Crippen LogP contribution >= 0.6 is 15.9 Å².